The van der Waals surface area contributed by atoms with Gasteiger partial charge in [0.25, 0.3) is 11.6 Å². The van der Waals surface area contributed by atoms with Crippen molar-refractivity contribution in [2.45, 2.75) is 0 Å². The lowest BCUT2D eigenvalue weighted by atomic mass is 10.0. The molecule has 1 amide bonds. The van der Waals surface area contributed by atoms with E-state index in [2.05, 4.69) is 10.5 Å². The Kier molecular flexibility index (Phi) is 6.63. The van der Waals surface area contributed by atoms with Crippen LogP contribution >= 0.6 is 0 Å². The number of hydrogen-bond donors (Lipinski definition) is 1. The Hall–Kier alpha value is -4.33. The smallest absolute Gasteiger partial charge is 0.345 e. The Labute approximate surface area is 172 Å². The van der Waals surface area contributed by atoms with E-state index in [-0.39, 0.29) is 5.56 Å². The molecule has 0 aliphatic heterocycles. The van der Waals surface area contributed by atoms with E-state index in [1.54, 1.807) is 0 Å². The maximum Gasteiger partial charge on any atom is 0.345 e. The van der Waals surface area contributed by atoms with Gasteiger partial charge in [-0.15, -0.1) is 0 Å². The largest absolute Gasteiger partial charge is 0.452 e. The fourth-order valence-electron chi connectivity index (χ4n) is 2.65. The first-order valence-corrected chi connectivity index (χ1v) is 8.94. The first-order valence-electron chi connectivity index (χ1n) is 8.94. The molecule has 0 aliphatic rings. The van der Waals surface area contributed by atoms with Crippen molar-refractivity contribution in [2.75, 3.05) is 6.61 Å². The zero-order chi connectivity index (χ0) is 21.3. The molecule has 0 spiro atoms. The van der Waals surface area contributed by atoms with E-state index < -0.39 is 29.1 Å². The average Bonchev–Trinajstić information content (AvgIpc) is 2.79. The molecule has 0 heterocycles. The van der Waals surface area contributed by atoms with Crippen LogP contribution in [0.3, 0.4) is 0 Å². The van der Waals surface area contributed by atoms with Crippen molar-refractivity contribution in [1.82, 2.24) is 5.43 Å². The quantitative estimate of drug-likeness (QED) is 0.282. The van der Waals surface area contributed by atoms with Crippen molar-refractivity contribution in [1.29, 1.82) is 0 Å². The Balaban J connectivity index is 1.69. The summed E-state index contributed by atoms with van der Waals surface area (Å²) in [5.74, 6) is -1.64. The molecule has 30 heavy (non-hydrogen) atoms. The van der Waals surface area contributed by atoms with Crippen molar-refractivity contribution in [2.24, 2.45) is 5.10 Å². The number of carbonyl (C=O) groups excluding carboxylic acids is 2. The zero-order valence-electron chi connectivity index (χ0n) is 15.7. The minimum atomic E-state index is -0.965. The maximum atomic E-state index is 12.1. The number of hydrazone groups is 1. The van der Waals surface area contributed by atoms with Gasteiger partial charge in [-0.05, 0) is 6.07 Å². The minimum absolute atomic E-state index is 0.229. The van der Waals surface area contributed by atoms with Gasteiger partial charge in [0.1, 0.15) is 5.56 Å². The number of nitro benzene ring substituents is 1. The lowest BCUT2D eigenvalue weighted by Crippen LogP contribution is -2.26. The molecule has 0 radical (unpaired) electrons. The molecule has 0 atom stereocenters. The number of nitrogens with zero attached hydrogens (tertiary/aromatic N) is 2. The Morgan fingerprint density at radius 3 is 1.97 bits per heavy atom. The lowest BCUT2D eigenvalue weighted by molar-refractivity contribution is -0.385. The van der Waals surface area contributed by atoms with Gasteiger partial charge in [0.2, 0.25) is 0 Å². The molecule has 0 aliphatic carbocycles. The second-order valence-corrected chi connectivity index (χ2v) is 6.08. The van der Waals surface area contributed by atoms with Gasteiger partial charge in [0, 0.05) is 17.2 Å². The first-order chi connectivity index (χ1) is 14.6. The number of ether oxygens (including phenoxy) is 1. The normalized spacial score (nSPS) is 10.0. The van der Waals surface area contributed by atoms with Crippen molar-refractivity contribution in [3.63, 3.8) is 0 Å². The number of amides is 1. The predicted molar refractivity (Wildman–Crippen MR) is 110 cm³/mol. The molecular weight excluding hydrogens is 386 g/mol. The number of nitrogens with one attached hydrogen (secondary N) is 1. The number of hydrogen-bond acceptors (Lipinski definition) is 6. The van der Waals surface area contributed by atoms with Crippen LogP contribution in [0.25, 0.3) is 0 Å². The molecule has 0 saturated carbocycles. The van der Waals surface area contributed by atoms with Crippen LogP contribution in [0, 0.1) is 10.1 Å². The van der Waals surface area contributed by atoms with Crippen LogP contribution in [0.4, 0.5) is 5.69 Å². The van der Waals surface area contributed by atoms with E-state index in [4.69, 9.17) is 4.74 Å². The molecule has 150 valence electrons. The highest BCUT2D eigenvalue weighted by molar-refractivity contribution is 6.13. The van der Waals surface area contributed by atoms with Gasteiger partial charge < -0.3 is 4.74 Å². The Bertz CT molecular complexity index is 1040. The third-order valence-corrected chi connectivity index (χ3v) is 4.04. The maximum absolute atomic E-state index is 12.1. The summed E-state index contributed by atoms with van der Waals surface area (Å²) in [7, 11) is 0. The summed E-state index contributed by atoms with van der Waals surface area (Å²) in [4.78, 5) is 34.6. The summed E-state index contributed by atoms with van der Waals surface area (Å²) in [5.41, 5.74) is 3.86. The van der Waals surface area contributed by atoms with Crippen LogP contribution in [0.1, 0.15) is 21.5 Å². The van der Waals surface area contributed by atoms with Crippen molar-refractivity contribution in [3.8, 4) is 0 Å². The van der Waals surface area contributed by atoms with Crippen molar-refractivity contribution < 1.29 is 19.2 Å². The van der Waals surface area contributed by atoms with Crippen molar-refractivity contribution in [3.05, 3.63) is 112 Å². The molecule has 0 saturated heterocycles. The van der Waals surface area contributed by atoms with Crippen molar-refractivity contribution >= 4 is 23.3 Å². The Morgan fingerprint density at radius 2 is 1.40 bits per heavy atom. The van der Waals surface area contributed by atoms with E-state index >= 15 is 0 Å². The van der Waals surface area contributed by atoms with E-state index in [1.807, 2.05) is 60.7 Å². The fourth-order valence-corrected chi connectivity index (χ4v) is 2.65. The first kappa shape index (κ1) is 20.4. The molecule has 1 N–H and O–H groups in total. The fraction of sp³-hybridized carbons (Fsp3) is 0.0455. The highest BCUT2D eigenvalue weighted by atomic mass is 16.6. The van der Waals surface area contributed by atoms with Crippen LogP contribution in [-0.4, -0.2) is 29.1 Å². The van der Waals surface area contributed by atoms with Gasteiger partial charge in [-0.2, -0.15) is 5.10 Å². The molecular formula is C22H17N3O5. The zero-order valence-corrected chi connectivity index (χ0v) is 15.7. The second kappa shape index (κ2) is 9.74. The molecule has 8 nitrogen and oxygen atoms in total. The second-order valence-electron chi connectivity index (χ2n) is 6.08. The van der Waals surface area contributed by atoms with Crippen LogP contribution in [0.5, 0.6) is 0 Å². The minimum Gasteiger partial charge on any atom is -0.452 e. The summed E-state index contributed by atoms with van der Waals surface area (Å²) < 4.78 is 4.90. The van der Waals surface area contributed by atoms with Gasteiger partial charge in [0.15, 0.2) is 6.61 Å². The van der Waals surface area contributed by atoms with Crippen LogP contribution < -0.4 is 5.43 Å². The van der Waals surface area contributed by atoms with E-state index in [1.165, 1.54) is 24.3 Å². The number of carbonyl (C=O) groups is 2. The van der Waals surface area contributed by atoms with Gasteiger partial charge in [-0.25, -0.2) is 10.2 Å². The molecule has 3 aromatic carbocycles. The standard InChI is InChI=1S/C22H17N3O5/c26-20(15-30-22(27)18-13-7-8-14-19(18)25(28)29)23-24-21(16-9-3-1-4-10-16)17-11-5-2-6-12-17/h1-14H,15H2,(H,23,26). The summed E-state index contributed by atoms with van der Waals surface area (Å²) in [5, 5.41) is 15.2. The summed E-state index contributed by atoms with van der Waals surface area (Å²) in [6, 6.07) is 23.9. The SMILES string of the molecule is O=C(COC(=O)c1ccccc1[N+](=O)[O-])NN=C(c1ccccc1)c1ccccc1. The number of nitro groups is 1. The highest BCUT2D eigenvalue weighted by Crippen LogP contribution is 2.18. The summed E-state index contributed by atoms with van der Waals surface area (Å²) >= 11 is 0. The lowest BCUT2D eigenvalue weighted by Gasteiger charge is -2.08. The molecule has 0 bridgehead atoms. The molecule has 0 unspecified atom stereocenters. The number of rotatable bonds is 7. The molecule has 0 aromatic heterocycles. The van der Waals surface area contributed by atoms with Gasteiger partial charge in [-0.1, -0.05) is 72.8 Å². The van der Waals surface area contributed by atoms with E-state index in [0.29, 0.717) is 5.71 Å². The van der Waals surface area contributed by atoms with Crippen LogP contribution in [0.2, 0.25) is 0 Å². The van der Waals surface area contributed by atoms with Gasteiger partial charge >= 0.3 is 5.97 Å². The number of para-hydroxylation sites is 1. The van der Waals surface area contributed by atoms with Gasteiger partial charge in [-0.3, -0.25) is 14.9 Å². The van der Waals surface area contributed by atoms with Crippen LogP contribution in [-0.2, 0) is 9.53 Å². The topological polar surface area (TPSA) is 111 Å². The third kappa shape index (κ3) is 5.14. The molecule has 3 rings (SSSR count). The number of benzene rings is 3. The monoisotopic (exact) mass is 403 g/mol. The number of esters is 1. The van der Waals surface area contributed by atoms with E-state index in [9.17, 15) is 19.7 Å². The Morgan fingerprint density at radius 1 is 0.867 bits per heavy atom. The van der Waals surface area contributed by atoms with E-state index in [0.717, 1.165) is 11.1 Å². The summed E-state index contributed by atoms with van der Waals surface area (Å²) in [6.45, 7) is -0.634. The predicted octanol–water partition coefficient (Wildman–Crippen LogP) is 3.32. The van der Waals surface area contributed by atoms with Crippen LogP contribution in [0.15, 0.2) is 90.0 Å². The third-order valence-electron chi connectivity index (χ3n) is 4.04. The molecule has 8 heteroatoms. The summed E-state index contributed by atoms with van der Waals surface area (Å²) in [6.07, 6.45) is 0. The highest BCUT2D eigenvalue weighted by Gasteiger charge is 2.21. The molecule has 3 aromatic rings. The average molecular weight is 403 g/mol. The van der Waals surface area contributed by atoms with Gasteiger partial charge in [0.05, 0.1) is 10.6 Å². The molecule has 0 fully saturated rings.